The minimum atomic E-state index is -0.711. The smallest absolute Gasteiger partial charge is 0.333 e. The van der Waals surface area contributed by atoms with Crippen LogP contribution in [0, 0.1) is 13.8 Å². The molecule has 2 aromatic carbocycles. The summed E-state index contributed by atoms with van der Waals surface area (Å²) in [5.74, 6) is -1.01. The molecule has 0 bridgehead atoms. The van der Waals surface area contributed by atoms with Gasteiger partial charge in [-0.05, 0) is 49.2 Å². The van der Waals surface area contributed by atoms with Crippen molar-refractivity contribution in [3.8, 4) is 5.88 Å². The number of hydrogen-bond acceptors (Lipinski definition) is 6. The van der Waals surface area contributed by atoms with E-state index in [9.17, 15) is 19.5 Å². The summed E-state index contributed by atoms with van der Waals surface area (Å²) < 4.78 is 1.84. The summed E-state index contributed by atoms with van der Waals surface area (Å²) in [6, 6.07) is 12.3. The molecular formula is C23H23ClN4O4S. The molecule has 2 N–H and O–H groups in total. The largest absolute Gasteiger partial charge is 0.494 e. The van der Waals surface area contributed by atoms with Crippen LogP contribution in [0.5, 0.6) is 5.88 Å². The van der Waals surface area contributed by atoms with Gasteiger partial charge in [-0.25, -0.2) is 9.79 Å². The Hall–Kier alpha value is -3.30. The molecule has 0 saturated heterocycles. The van der Waals surface area contributed by atoms with Gasteiger partial charge in [0.2, 0.25) is 11.8 Å². The van der Waals surface area contributed by atoms with Gasteiger partial charge in [-0.2, -0.15) is 0 Å². The van der Waals surface area contributed by atoms with Gasteiger partial charge >= 0.3 is 5.69 Å². The van der Waals surface area contributed by atoms with Gasteiger partial charge in [0.05, 0.1) is 22.2 Å². The number of aliphatic imine (C=N–C) groups is 1. The number of benzene rings is 2. The molecule has 3 aromatic rings. The highest BCUT2D eigenvalue weighted by atomic mass is 35.5. The molecule has 33 heavy (non-hydrogen) atoms. The van der Waals surface area contributed by atoms with Crippen LogP contribution in [0.1, 0.15) is 16.7 Å². The minimum absolute atomic E-state index is 0.111. The standard InChI is InChI=1S/C23H23ClN4O4S/c1-13-9-10-15(11-14(13)2)25-20(19-21(30)27(3)23(32)28(4)22(19)31)33-12-18(29)26-17-8-6-5-7-16(17)24/h5-11,30H,12H2,1-4H3,(H,26,29). The molecular weight excluding hydrogens is 464 g/mol. The van der Waals surface area contributed by atoms with Crippen LogP contribution in [0.15, 0.2) is 57.0 Å². The van der Waals surface area contributed by atoms with Crippen LogP contribution in [-0.2, 0) is 18.9 Å². The van der Waals surface area contributed by atoms with Crippen molar-refractivity contribution in [2.75, 3.05) is 11.1 Å². The fourth-order valence-corrected chi connectivity index (χ4v) is 3.99. The zero-order chi connectivity index (χ0) is 24.3. The summed E-state index contributed by atoms with van der Waals surface area (Å²) in [6.45, 7) is 3.90. The number of carbonyl (C=O) groups excluding carboxylic acids is 1. The van der Waals surface area contributed by atoms with Gasteiger partial charge in [-0.15, -0.1) is 0 Å². The Balaban J connectivity index is 2.02. The Morgan fingerprint density at radius 3 is 2.45 bits per heavy atom. The Labute approximate surface area is 199 Å². The summed E-state index contributed by atoms with van der Waals surface area (Å²) in [6.07, 6.45) is 0. The second kappa shape index (κ2) is 10.1. The van der Waals surface area contributed by atoms with Gasteiger partial charge in [0.25, 0.3) is 5.56 Å². The summed E-state index contributed by atoms with van der Waals surface area (Å²) in [5.41, 5.74) is 1.53. The van der Waals surface area contributed by atoms with E-state index in [-0.39, 0.29) is 22.3 Å². The van der Waals surface area contributed by atoms with E-state index in [1.807, 2.05) is 26.0 Å². The van der Waals surface area contributed by atoms with Gasteiger partial charge in [0.15, 0.2) is 0 Å². The van der Waals surface area contributed by atoms with Crippen molar-refractivity contribution >= 4 is 45.7 Å². The molecule has 0 fully saturated rings. The maximum Gasteiger partial charge on any atom is 0.333 e. The molecule has 1 amide bonds. The Kier molecular flexibility index (Phi) is 7.45. The van der Waals surface area contributed by atoms with Crippen LogP contribution in [0.25, 0.3) is 0 Å². The number of nitrogens with zero attached hydrogens (tertiary/aromatic N) is 3. The monoisotopic (exact) mass is 486 g/mol. The highest BCUT2D eigenvalue weighted by molar-refractivity contribution is 8.15. The molecule has 1 heterocycles. The number of halogens is 1. The Morgan fingerprint density at radius 2 is 1.79 bits per heavy atom. The molecule has 10 heteroatoms. The first-order valence-corrected chi connectivity index (χ1v) is 11.3. The van der Waals surface area contributed by atoms with Crippen LogP contribution < -0.4 is 16.6 Å². The number of aryl methyl sites for hydroxylation is 2. The van der Waals surface area contributed by atoms with E-state index in [4.69, 9.17) is 11.6 Å². The molecule has 0 aliphatic heterocycles. The topological polar surface area (TPSA) is 106 Å². The van der Waals surface area contributed by atoms with Gasteiger partial charge in [-0.1, -0.05) is 41.6 Å². The van der Waals surface area contributed by atoms with E-state index >= 15 is 0 Å². The fraction of sp³-hybridized carbons (Fsp3) is 0.217. The van der Waals surface area contributed by atoms with E-state index in [0.29, 0.717) is 16.4 Å². The zero-order valence-corrected chi connectivity index (χ0v) is 20.1. The number of carbonyl (C=O) groups is 1. The molecule has 0 aliphatic rings. The first kappa shape index (κ1) is 24.3. The second-order valence-electron chi connectivity index (χ2n) is 7.41. The molecule has 3 rings (SSSR count). The first-order chi connectivity index (χ1) is 15.6. The Bertz CT molecular complexity index is 1380. The maximum absolute atomic E-state index is 12.9. The molecule has 172 valence electrons. The third-order valence-electron chi connectivity index (χ3n) is 5.06. The number of para-hydroxylation sites is 1. The summed E-state index contributed by atoms with van der Waals surface area (Å²) in [4.78, 5) is 42.2. The average molecular weight is 487 g/mol. The van der Waals surface area contributed by atoms with E-state index in [2.05, 4.69) is 10.3 Å². The van der Waals surface area contributed by atoms with Crippen LogP contribution in [0.2, 0.25) is 5.02 Å². The lowest BCUT2D eigenvalue weighted by atomic mass is 10.1. The Morgan fingerprint density at radius 1 is 1.09 bits per heavy atom. The van der Waals surface area contributed by atoms with Crippen molar-refractivity contribution in [3.05, 3.63) is 85.0 Å². The summed E-state index contributed by atoms with van der Waals surface area (Å²) in [7, 11) is 2.67. The number of hydrogen-bond donors (Lipinski definition) is 2. The molecule has 0 radical (unpaired) electrons. The number of nitrogens with one attached hydrogen (secondary N) is 1. The maximum atomic E-state index is 12.9. The van der Waals surface area contributed by atoms with Gasteiger partial charge in [0.1, 0.15) is 10.6 Å². The number of anilines is 1. The van der Waals surface area contributed by atoms with Crippen LogP contribution in [-0.4, -0.2) is 30.9 Å². The zero-order valence-electron chi connectivity index (χ0n) is 18.5. The number of amides is 1. The van der Waals surface area contributed by atoms with Gasteiger partial charge in [-0.3, -0.25) is 18.7 Å². The van der Waals surface area contributed by atoms with E-state index in [0.717, 1.165) is 32.0 Å². The lowest BCUT2D eigenvalue weighted by Crippen LogP contribution is -2.39. The number of thioether (sulfide) groups is 1. The number of aromatic nitrogens is 2. The lowest BCUT2D eigenvalue weighted by Gasteiger charge is -2.13. The highest BCUT2D eigenvalue weighted by Crippen LogP contribution is 2.25. The van der Waals surface area contributed by atoms with Gasteiger partial charge < -0.3 is 10.4 Å². The van der Waals surface area contributed by atoms with E-state index in [1.165, 1.54) is 14.1 Å². The molecule has 1 aromatic heterocycles. The van der Waals surface area contributed by atoms with Gasteiger partial charge in [0, 0.05) is 14.1 Å². The molecule has 0 saturated carbocycles. The number of aromatic hydroxyl groups is 1. The third kappa shape index (κ3) is 5.37. The normalized spacial score (nSPS) is 11.5. The van der Waals surface area contributed by atoms with Crippen molar-refractivity contribution in [1.29, 1.82) is 0 Å². The van der Waals surface area contributed by atoms with E-state index in [1.54, 1.807) is 30.3 Å². The molecule has 0 atom stereocenters. The van der Waals surface area contributed by atoms with Crippen molar-refractivity contribution in [2.45, 2.75) is 13.8 Å². The first-order valence-electron chi connectivity index (χ1n) is 9.92. The average Bonchev–Trinajstić information content (AvgIpc) is 2.78. The van der Waals surface area contributed by atoms with Crippen molar-refractivity contribution in [3.63, 3.8) is 0 Å². The quantitative estimate of drug-likeness (QED) is 0.424. The van der Waals surface area contributed by atoms with Crippen LogP contribution in [0.3, 0.4) is 0 Å². The van der Waals surface area contributed by atoms with Crippen molar-refractivity contribution < 1.29 is 9.90 Å². The molecule has 0 unspecified atom stereocenters. The lowest BCUT2D eigenvalue weighted by molar-refractivity contribution is -0.113. The third-order valence-corrected chi connectivity index (χ3v) is 6.36. The van der Waals surface area contributed by atoms with Crippen LogP contribution in [0.4, 0.5) is 11.4 Å². The van der Waals surface area contributed by atoms with Crippen LogP contribution >= 0.6 is 23.4 Å². The molecule has 0 spiro atoms. The van der Waals surface area contributed by atoms with Crippen molar-refractivity contribution in [2.24, 2.45) is 19.1 Å². The van der Waals surface area contributed by atoms with Crippen molar-refractivity contribution in [1.82, 2.24) is 9.13 Å². The predicted octanol–water partition coefficient (Wildman–Crippen LogP) is 3.51. The molecule has 0 aliphatic carbocycles. The summed E-state index contributed by atoms with van der Waals surface area (Å²) >= 11 is 7.07. The van der Waals surface area contributed by atoms with E-state index < -0.39 is 17.1 Å². The molecule has 8 nitrogen and oxygen atoms in total. The summed E-state index contributed by atoms with van der Waals surface area (Å²) in [5, 5.41) is 13.8. The second-order valence-corrected chi connectivity index (χ2v) is 8.78. The fourth-order valence-electron chi connectivity index (χ4n) is 2.98. The minimum Gasteiger partial charge on any atom is -0.494 e. The SMILES string of the molecule is Cc1ccc(N=C(SCC(=O)Nc2ccccc2Cl)c2c(O)n(C)c(=O)n(C)c2=O)cc1C. The highest BCUT2D eigenvalue weighted by Gasteiger charge is 2.22. The predicted molar refractivity (Wildman–Crippen MR) is 133 cm³/mol. The number of rotatable bonds is 5.